The SMILES string of the molecule is Cc1cc(NC(=O)C(=O)N2CCCCC2C)n(C2NC(=O)CC(C)N2)n1. The Morgan fingerprint density at radius 3 is 2.77 bits per heavy atom. The van der Waals surface area contributed by atoms with Gasteiger partial charge in [-0.05, 0) is 40.0 Å². The lowest BCUT2D eigenvalue weighted by molar-refractivity contribution is -0.145. The molecule has 0 radical (unpaired) electrons. The van der Waals surface area contributed by atoms with E-state index < -0.39 is 18.1 Å². The van der Waals surface area contributed by atoms with Crippen LogP contribution in [0.3, 0.4) is 0 Å². The predicted octanol–water partition coefficient (Wildman–Crippen LogP) is 0.485. The number of aryl methyl sites for hydroxylation is 1. The number of anilines is 1. The van der Waals surface area contributed by atoms with Crippen molar-refractivity contribution >= 4 is 23.5 Å². The normalized spacial score (nSPS) is 26.3. The van der Waals surface area contributed by atoms with Gasteiger partial charge in [0.1, 0.15) is 5.82 Å². The van der Waals surface area contributed by atoms with Gasteiger partial charge in [0.2, 0.25) is 5.91 Å². The smallest absolute Gasteiger partial charge is 0.315 e. The van der Waals surface area contributed by atoms with Crippen LogP contribution in [0, 0.1) is 6.92 Å². The van der Waals surface area contributed by atoms with Crippen molar-refractivity contribution in [2.45, 2.75) is 64.8 Å². The summed E-state index contributed by atoms with van der Waals surface area (Å²) in [4.78, 5) is 38.4. The highest BCUT2D eigenvalue weighted by atomic mass is 16.2. The van der Waals surface area contributed by atoms with E-state index in [1.165, 1.54) is 4.68 Å². The number of rotatable bonds is 2. The Morgan fingerprint density at radius 1 is 1.31 bits per heavy atom. The molecular formula is C17H26N6O3. The van der Waals surface area contributed by atoms with Crippen molar-refractivity contribution in [2.75, 3.05) is 11.9 Å². The van der Waals surface area contributed by atoms with E-state index in [4.69, 9.17) is 0 Å². The van der Waals surface area contributed by atoms with Crippen LogP contribution in [0.5, 0.6) is 0 Å². The molecule has 1 aromatic rings. The van der Waals surface area contributed by atoms with E-state index in [1.807, 2.05) is 13.8 Å². The van der Waals surface area contributed by atoms with Gasteiger partial charge in [0.25, 0.3) is 0 Å². The first-order valence-corrected chi connectivity index (χ1v) is 9.08. The minimum Gasteiger partial charge on any atom is -0.332 e. The molecule has 2 saturated heterocycles. The van der Waals surface area contributed by atoms with E-state index >= 15 is 0 Å². The summed E-state index contributed by atoms with van der Waals surface area (Å²) in [6, 6.07) is 1.73. The van der Waals surface area contributed by atoms with Crippen LogP contribution >= 0.6 is 0 Å². The molecule has 9 heteroatoms. The second-order valence-electron chi connectivity index (χ2n) is 7.15. The van der Waals surface area contributed by atoms with Crippen LogP contribution < -0.4 is 16.0 Å². The van der Waals surface area contributed by atoms with Gasteiger partial charge in [-0.15, -0.1) is 0 Å². The van der Waals surface area contributed by atoms with E-state index in [-0.39, 0.29) is 18.0 Å². The van der Waals surface area contributed by atoms with Crippen molar-refractivity contribution in [3.63, 3.8) is 0 Å². The first-order valence-electron chi connectivity index (χ1n) is 9.08. The highest BCUT2D eigenvalue weighted by molar-refractivity contribution is 6.39. The summed E-state index contributed by atoms with van der Waals surface area (Å²) in [6.45, 7) is 6.25. The first-order chi connectivity index (χ1) is 12.3. The molecule has 3 N–H and O–H groups in total. The number of carbonyl (C=O) groups excluding carboxylic acids is 3. The zero-order valence-electron chi connectivity index (χ0n) is 15.4. The van der Waals surface area contributed by atoms with E-state index in [0.717, 1.165) is 19.3 Å². The Morgan fingerprint density at radius 2 is 2.08 bits per heavy atom. The van der Waals surface area contributed by atoms with Crippen LogP contribution in [-0.2, 0) is 14.4 Å². The van der Waals surface area contributed by atoms with Gasteiger partial charge in [0, 0.05) is 31.1 Å². The lowest BCUT2D eigenvalue weighted by atomic mass is 10.0. The molecule has 0 bridgehead atoms. The van der Waals surface area contributed by atoms with Gasteiger partial charge in [-0.2, -0.15) is 5.10 Å². The molecular weight excluding hydrogens is 336 g/mol. The third-order valence-corrected chi connectivity index (χ3v) is 4.83. The Labute approximate surface area is 152 Å². The molecule has 2 aliphatic rings. The van der Waals surface area contributed by atoms with Crippen molar-refractivity contribution in [1.29, 1.82) is 0 Å². The lowest BCUT2D eigenvalue weighted by Gasteiger charge is -2.33. The number of likely N-dealkylation sites (tertiary alicyclic amines) is 1. The minimum absolute atomic E-state index is 0.0161. The molecule has 3 heterocycles. The molecule has 3 rings (SSSR count). The standard InChI is InChI=1S/C17H26N6O3/c1-10-9-14(24)20-17(18-10)23-13(8-11(2)21-23)19-15(25)16(26)22-7-5-4-6-12(22)3/h8,10,12,17-18H,4-7,9H2,1-3H3,(H,19,25)(H,20,24). The molecule has 1 aromatic heterocycles. The zero-order valence-corrected chi connectivity index (χ0v) is 15.4. The van der Waals surface area contributed by atoms with Crippen molar-refractivity contribution in [2.24, 2.45) is 0 Å². The molecule has 3 atom stereocenters. The highest BCUT2D eigenvalue weighted by Crippen LogP contribution is 2.19. The second kappa shape index (κ2) is 7.45. The van der Waals surface area contributed by atoms with Crippen LogP contribution in [0.1, 0.15) is 51.5 Å². The van der Waals surface area contributed by atoms with Gasteiger partial charge in [0.15, 0.2) is 6.29 Å². The van der Waals surface area contributed by atoms with Crippen LogP contribution in [0.2, 0.25) is 0 Å². The quantitative estimate of drug-likeness (QED) is 0.664. The van der Waals surface area contributed by atoms with Crippen LogP contribution in [0.25, 0.3) is 0 Å². The Bertz CT molecular complexity index is 715. The number of hydrogen-bond acceptors (Lipinski definition) is 5. The Hall–Kier alpha value is -2.42. The molecule has 0 saturated carbocycles. The summed E-state index contributed by atoms with van der Waals surface area (Å²) >= 11 is 0. The number of piperidine rings is 1. The summed E-state index contributed by atoms with van der Waals surface area (Å²) in [5, 5.41) is 13.0. The molecule has 2 aliphatic heterocycles. The fourth-order valence-electron chi connectivity index (χ4n) is 3.50. The lowest BCUT2D eigenvalue weighted by Crippen LogP contribution is -2.52. The molecule has 3 unspecified atom stereocenters. The van der Waals surface area contributed by atoms with Gasteiger partial charge in [-0.3, -0.25) is 19.7 Å². The zero-order chi connectivity index (χ0) is 18.8. The summed E-state index contributed by atoms with van der Waals surface area (Å²) in [5.74, 6) is -0.936. The van der Waals surface area contributed by atoms with Crippen molar-refractivity contribution in [1.82, 2.24) is 25.3 Å². The average Bonchev–Trinajstić information content (AvgIpc) is 2.94. The third-order valence-electron chi connectivity index (χ3n) is 4.83. The maximum atomic E-state index is 12.5. The molecule has 3 amide bonds. The maximum absolute atomic E-state index is 12.5. The molecule has 26 heavy (non-hydrogen) atoms. The molecule has 2 fully saturated rings. The van der Waals surface area contributed by atoms with Crippen LogP contribution in [0.15, 0.2) is 6.07 Å². The molecule has 9 nitrogen and oxygen atoms in total. The van der Waals surface area contributed by atoms with E-state index in [2.05, 4.69) is 21.0 Å². The van der Waals surface area contributed by atoms with Gasteiger partial charge in [0.05, 0.1) is 5.69 Å². The monoisotopic (exact) mass is 362 g/mol. The third kappa shape index (κ3) is 3.87. The largest absolute Gasteiger partial charge is 0.332 e. The summed E-state index contributed by atoms with van der Waals surface area (Å²) in [7, 11) is 0. The van der Waals surface area contributed by atoms with Gasteiger partial charge >= 0.3 is 11.8 Å². The Balaban J connectivity index is 1.74. The van der Waals surface area contributed by atoms with E-state index in [9.17, 15) is 14.4 Å². The summed E-state index contributed by atoms with van der Waals surface area (Å²) in [6.07, 6.45) is 2.70. The fraction of sp³-hybridized carbons (Fsp3) is 0.647. The highest BCUT2D eigenvalue weighted by Gasteiger charge is 2.30. The topological polar surface area (TPSA) is 108 Å². The Kier molecular flexibility index (Phi) is 5.26. The van der Waals surface area contributed by atoms with Gasteiger partial charge < -0.3 is 15.5 Å². The van der Waals surface area contributed by atoms with Gasteiger partial charge in [-0.25, -0.2) is 4.68 Å². The van der Waals surface area contributed by atoms with Crippen molar-refractivity contribution in [3.8, 4) is 0 Å². The second-order valence-corrected chi connectivity index (χ2v) is 7.15. The number of carbonyl (C=O) groups is 3. The predicted molar refractivity (Wildman–Crippen MR) is 95.0 cm³/mol. The van der Waals surface area contributed by atoms with Crippen molar-refractivity contribution in [3.05, 3.63) is 11.8 Å². The number of aromatic nitrogens is 2. The molecule has 0 spiro atoms. The number of nitrogens with zero attached hydrogens (tertiary/aromatic N) is 3. The van der Waals surface area contributed by atoms with Gasteiger partial charge in [-0.1, -0.05) is 0 Å². The summed E-state index contributed by atoms with van der Waals surface area (Å²) < 4.78 is 1.49. The minimum atomic E-state index is -0.685. The first kappa shape index (κ1) is 18.4. The van der Waals surface area contributed by atoms with Crippen molar-refractivity contribution < 1.29 is 14.4 Å². The van der Waals surface area contributed by atoms with Crippen LogP contribution in [-0.4, -0.2) is 51.0 Å². The van der Waals surface area contributed by atoms with E-state index in [0.29, 0.717) is 24.5 Å². The molecule has 0 aliphatic carbocycles. The summed E-state index contributed by atoms with van der Waals surface area (Å²) in [5.41, 5.74) is 0.674. The molecule has 142 valence electrons. The maximum Gasteiger partial charge on any atom is 0.315 e. The number of hydrogen-bond donors (Lipinski definition) is 3. The number of nitrogens with one attached hydrogen (secondary N) is 3. The fourth-order valence-corrected chi connectivity index (χ4v) is 3.50. The van der Waals surface area contributed by atoms with Crippen LogP contribution in [0.4, 0.5) is 5.82 Å². The number of amides is 3. The van der Waals surface area contributed by atoms with E-state index in [1.54, 1.807) is 17.9 Å². The molecule has 0 aromatic carbocycles. The average molecular weight is 362 g/mol.